The Kier molecular flexibility index (Phi) is 3.64. The zero-order chi connectivity index (χ0) is 16.2. The molecule has 2 unspecified atom stereocenters. The normalized spacial score (nSPS) is 26.0. The molecule has 2 atom stereocenters. The zero-order valence-corrected chi connectivity index (χ0v) is 14.2. The van der Waals surface area contributed by atoms with Crippen molar-refractivity contribution in [3.8, 4) is 0 Å². The highest BCUT2D eigenvalue weighted by Gasteiger charge is 2.48. The van der Waals surface area contributed by atoms with E-state index in [2.05, 4.69) is 47.6 Å². The highest BCUT2D eigenvalue weighted by Crippen LogP contribution is 2.53. The van der Waals surface area contributed by atoms with Gasteiger partial charge in [-0.05, 0) is 46.3 Å². The molecule has 1 aromatic carbocycles. The van der Waals surface area contributed by atoms with Gasteiger partial charge in [0.25, 0.3) is 0 Å². The Bertz CT molecular complexity index is 608. The molecule has 2 heteroatoms. The van der Waals surface area contributed by atoms with Crippen LogP contribution in [-0.2, 0) is 10.8 Å². The van der Waals surface area contributed by atoms with Crippen molar-refractivity contribution in [3.05, 3.63) is 33.9 Å². The fraction of sp³-hybridized carbons (Fsp3) is 0.579. The summed E-state index contributed by atoms with van der Waals surface area (Å²) < 4.78 is 0. The number of aryl methyl sites for hydroxylation is 1. The Hall–Kier alpha value is -1.44. The lowest BCUT2D eigenvalue weighted by Gasteiger charge is -2.52. The lowest BCUT2D eigenvalue weighted by Crippen LogP contribution is -2.47. The molecule has 0 amide bonds. The minimum absolute atomic E-state index is 0.00575. The van der Waals surface area contributed by atoms with Crippen LogP contribution in [0.15, 0.2) is 6.07 Å². The smallest absolute Gasteiger partial charge is 0.151 e. The molecule has 0 radical (unpaired) electrons. The van der Waals surface area contributed by atoms with Crippen LogP contribution >= 0.6 is 0 Å². The summed E-state index contributed by atoms with van der Waals surface area (Å²) in [5, 5.41) is 0. The third-order valence-corrected chi connectivity index (χ3v) is 6.22. The SMILES string of the molecule is Cc1cc2c(c(C=O)c1C=O)C(C)(C)C(C)C(C)C2(C)C. The van der Waals surface area contributed by atoms with Crippen molar-refractivity contribution < 1.29 is 9.59 Å². The van der Waals surface area contributed by atoms with Crippen LogP contribution < -0.4 is 0 Å². The number of hydrogen-bond donors (Lipinski definition) is 0. The standard InChI is InChI=1S/C19H26O2/c1-11-8-16-17(15(10-21)14(11)9-20)19(6,7)13(3)12(2)18(16,4)5/h8-10,12-13H,1-7H3. The Morgan fingerprint density at radius 3 is 1.86 bits per heavy atom. The first-order valence-corrected chi connectivity index (χ1v) is 7.69. The predicted octanol–water partition coefficient (Wildman–Crippen LogP) is 4.46. The van der Waals surface area contributed by atoms with Gasteiger partial charge in [0.1, 0.15) is 0 Å². The lowest BCUT2D eigenvalue weighted by molar-refractivity contribution is 0.108. The van der Waals surface area contributed by atoms with Crippen molar-refractivity contribution in [2.45, 2.75) is 59.3 Å². The number of benzene rings is 1. The highest BCUT2D eigenvalue weighted by molar-refractivity contribution is 5.94. The van der Waals surface area contributed by atoms with E-state index in [0.717, 1.165) is 23.7 Å². The molecular formula is C19H26O2. The van der Waals surface area contributed by atoms with Crippen LogP contribution in [0.3, 0.4) is 0 Å². The third kappa shape index (κ3) is 1.99. The molecule has 0 saturated carbocycles. The molecule has 2 nitrogen and oxygen atoms in total. The number of hydrogen-bond acceptors (Lipinski definition) is 2. The number of aldehydes is 2. The summed E-state index contributed by atoms with van der Waals surface area (Å²) in [6.07, 6.45) is 1.70. The van der Waals surface area contributed by atoms with Gasteiger partial charge in [-0.15, -0.1) is 0 Å². The summed E-state index contributed by atoms with van der Waals surface area (Å²) in [5.41, 5.74) is 4.21. The summed E-state index contributed by atoms with van der Waals surface area (Å²) in [6.45, 7) is 15.3. The first-order chi connectivity index (χ1) is 9.60. The lowest BCUT2D eigenvalue weighted by atomic mass is 9.52. The topological polar surface area (TPSA) is 34.1 Å². The molecular weight excluding hydrogens is 260 g/mol. The van der Waals surface area contributed by atoms with E-state index in [1.54, 1.807) is 0 Å². The number of fused-ring (bicyclic) bond motifs is 1. The fourth-order valence-electron chi connectivity index (χ4n) is 4.06. The fourth-order valence-corrected chi connectivity index (χ4v) is 4.06. The van der Waals surface area contributed by atoms with E-state index in [0.29, 0.717) is 23.0 Å². The van der Waals surface area contributed by atoms with Crippen LogP contribution in [-0.4, -0.2) is 12.6 Å². The highest BCUT2D eigenvalue weighted by atomic mass is 16.1. The van der Waals surface area contributed by atoms with Gasteiger partial charge in [-0.25, -0.2) is 0 Å². The molecule has 1 aliphatic rings. The molecule has 0 heterocycles. The quantitative estimate of drug-likeness (QED) is 0.752. The third-order valence-electron chi connectivity index (χ3n) is 6.22. The van der Waals surface area contributed by atoms with Gasteiger partial charge in [0.05, 0.1) is 0 Å². The van der Waals surface area contributed by atoms with Crippen molar-refractivity contribution in [3.63, 3.8) is 0 Å². The van der Waals surface area contributed by atoms with Crippen molar-refractivity contribution in [2.75, 3.05) is 0 Å². The van der Waals surface area contributed by atoms with Crippen molar-refractivity contribution in [2.24, 2.45) is 11.8 Å². The van der Waals surface area contributed by atoms with E-state index in [9.17, 15) is 9.59 Å². The maximum absolute atomic E-state index is 11.7. The molecule has 0 spiro atoms. The summed E-state index contributed by atoms with van der Waals surface area (Å²) in [4.78, 5) is 23.2. The van der Waals surface area contributed by atoms with Crippen LogP contribution in [0.25, 0.3) is 0 Å². The molecule has 0 fully saturated rings. The molecule has 2 rings (SSSR count). The average molecular weight is 286 g/mol. The van der Waals surface area contributed by atoms with Gasteiger partial charge in [-0.2, -0.15) is 0 Å². The predicted molar refractivity (Wildman–Crippen MR) is 86.3 cm³/mol. The van der Waals surface area contributed by atoms with Gasteiger partial charge in [0, 0.05) is 11.1 Å². The van der Waals surface area contributed by atoms with Gasteiger partial charge in [0.2, 0.25) is 0 Å². The van der Waals surface area contributed by atoms with Crippen molar-refractivity contribution in [1.82, 2.24) is 0 Å². The molecule has 0 saturated heterocycles. The second kappa shape index (κ2) is 4.79. The van der Waals surface area contributed by atoms with Gasteiger partial charge in [-0.3, -0.25) is 9.59 Å². The first-order valence-electron chi connectivity index (χ1n) is 7.69. The van der Waals surface area contributed by atoms with Gasteiger partial charge in [0.15, 0.2) is 12.6 Å². The van der Waals surface area contributed by atoms with E-state index >= 15 is 0 Å². The largest absolute Gasteiger partial charge is 0.298 e. The number of carbonyl (C=O) groups excluding carboxylic acids is 2. The summed E-state index contributed by atoms with van der Waals surface area (Å²) in [7, 11) is 0. The maximum atomic E-state index is 11.7. The van der Waals surface area contributed by atoms with Crippen LogP contribution in [0, 0.1) is 18.8 Å². The Morgan fingerprint density at radius 1 is 0.905 bits per heavy atom. The first kappa shape index (κ1) is 15.9. The van der Waals surface area contributed by atoms with Gasteiger partial charge in [-0.1, -0.05) is 47.6 Å². The van der Waals surface area contributed by atoms with E-state index in [-0.39, 0.29) is 10.8 Å². The van der Waals surface area contributed by atoms with Crippen LogP contribution in [0.4, 0.5) is 0 Å². The zero-order valence-electron chi connectivity index (χ0n) is 14.2. The van der Waals surface area contributed by atoms with Crippen LogP contribution in [0.1, 0.15) is 78.9 Å². The number of rotatable bonds is 2. The van der Waals surface area contributed by atoms with E-state index < -0.39 is 0 Å². The molecule has 0 aromatic heterocycles. The van der Waals surface area contributed by atoms with Crippen molar-refractivity contribution in [1.29, 1.82) is 0 Å². The second-order valence-electron chi connectivity index (χ2n) is 7.70. The molecule has 0 aliphatic heterocycles. The number of carbonyl (C=O) groups is 2. The van der Waals surface area contributed by atoms with E-state index in [1.807, 2.05) is 6.92 Å². The minimum Gasteiger partial charge on any atom is -0.298 e. The minimum atomic E-state index is -0.119. The summed E-state index contributed by atoms with van der Waals surface area (Å²) in [6, 6.07) is 2.12. The van der Waals surface area contributed by atoms with Crippen molar-refractivity contribution >= 4 is 12.6 Å². The Balaban J connectivity index is 2.98. The second-order valence-corrected chi connectivity index (χ2v) is 7.70. The average Bonchev–Trinajstić information content (AvgIpc) is 2.42. The van der Waals surface area contributed by atoms with E-state index in [1.165, 1.54) is 5.56 Å². The summed E-state index contributed by atoms with van der Waals surface area (Å²) >= 11 is 0. The van der Waals surface area contributed by atoms with E-state index in [4.69, 9.17) is 0 Å². The van der Waals surface area contributed by atoms with Crippen LogP contribution in [0.5, 0.6) is 0 Å². The molecule has 0 N–H and O–H groups in total. The molecule has 114 valence electrons. The van der Waals surface area contributed by atoms with Crippen LogP contribution in [0.2, 0.25) is 0 Å². The summed E-state index contributed by atoms with van der Waals surface area (Å²) in [5.74, 6) is 0.932. The molecule has 0 bridgehead atoms. The molecule has 1 aromatic rings. The Morgan fingerprint density at radius 2 is 1.38 bits per heavy atom. The monoisotopic (exact) mass is 286 g/mol. The Labute approximate surface area is 127 Å². The van der Waals surface area contributed by atoms with Gasteiger partial charge < -0.3 is 0 Å². The maximum Gasteiger partial charge on any atom is 0.151 e. The van der Waals surface area contributed by atoms with Gasteiger partial charge >= 0.3 is 0 Å². The molecule has 1 aliphatic carbocycles. The molecule has 21 heavy (non-hydrogen) atoms.